The highest BCUT2D eigenvalue weighted by atomic mass is 15.2. The zero-order chi connectivity index (χ0) is 8.85. The molecular weight excluding hydrogens is 136 g/mol. The lowest BCUT2D eigenvalue weighted by Gasteiger charge is -2.11. The second kappa shape index (κ2) is 5.19. The fraction of sp³-hybridized carbons (Fsp3) is 0.778. The van der Waals surface area contributed by atoms with Gasteiger partial charge in [0.05, 0.1) is 0 Å². The smallest absolute Gasteiger partial charge is 0.0217 e. The molecule has 0 rings (SSSR count). The lowest BCUT2D eigenvalue weighted by molar-refractivity contribution is 0.552. The molecule has 0 aliphatic rings. The van der Waals surface area contributed by atoms with Crippen molar-refractivity contribution in [2.24, 2.45) is 11.8 Å². The van der Waals surface area contributed by atoms with E-state index in [0.29, 0.717) is 0 Å². The highest BCUT2D eigenvalue weighted by Gasteiger charge is 2.01. The molecule has 2 nitrogen and oxygen atoms in total. The van der Waals surface area contributed by atoms with Gasteiger partial charge in [-0.15, -0.1) is 0 Å². The molecule has 0 aromatic carbocycles. The molecule has 0 heterocycles. The van der Waals surface area contributed by atoms with Gasteiger partial charge in [-0.25, -0.2) is 0 Å². The van der Waals surface area contributed by atoms with E-state index < -0.39 is 0 Å². The maximum Gasteiger partial charge on any atom is 0.0217 e. The first-order valence-electron chi connectivity index (χ1n) is 4.24. The number of hydrazine groups is 1. The molecule has 1 atom stereocenters. The van der Waals surface area contributed by atoms with Crippen molar-refractivity contribution in [3.63, 3.8) is 0 Å². The zero-order valence-corrected chi connectivity index (χ0v) is 8.07. The minimum absolute atomic E-state index is 0.762. The fourth-order valence-corrected chi connectivity index (χ4v) is 0.943. The summed E-state index contributed by atoms with van der Waals surface area (Å²) in [5.74, 6) is 6.04. The molecule has 0 bridgehead atoms. The first-order chi connectivity index (χ1) is 5.11. The van der Waals surface area contributed by atoms with Crippen molar-refractivity contribution in [1.29, 1.82) is 0 Å². The van der Waals surface area contributed by atoms with Crippen molar-refractivity contribution >= 4 is 0 Å². The minimum atomic E-state index is 0.762. The molecule has 0 radical (unpaired) electrons. The minimum Gasteiger partial charge on any atom is -0.329 e. The van der Waals surface area contributed by atoms with Gasteiger partial charge in [-0.1, -0.05) is 25.8 Å². The summed E-state index contributed by atoms with van der Waals surface area (Å²) in [4.78, 5) is 0. The van der Waals surface area contributed by atoms with Gasteiger partial charge in [0, 0.05) is 5.70 Å². The average molecular weight is 156 g/mol. The molecule has 0 spiro atoms. The Labute approximate surface area is 69.8 Å². The van der Waals surface area contributed by atoms with Gasteiger partial charge in [0.25, 0.3) is 0 Å². The first-order valence-corrected chi connectivity index (χ1v) is 4.24. The molecule has 3 N–H and O–H groups in total. The highest BCUT2D eigenvalue weighted by molar-refractivity contribution is 5.06. The van der Waals surface area contributed by atoms with Gasteiger partial charge in [-0.05, 0) is 26.2 Å². The van der Waals surface area contributed by atoms with Crippen LogP contribution in [0.4, 0.5) is 0 Å². The Morgan fingerprint density at radius 2 is 2.00 bits per heavy atom. The molecule has 0 aliphatic carbocycles. The Morgan fingerprint density at radius 3 is 2.36 bits per heavy atom. The summed E-state index contributed by atoms with van der Waals surface area (Å²) in [5.41, 5.74) is 5.14. The van der Waals surface area contributed by atoms with Crippen LogP contribution in [0.5, 0.6) is 0 Å². The van der Waals surface area contributed by atoms with E-state index in [1.54, 1.807) is 0 Å². The van der Waals surface area contributed by atoms with Crippen LogP contribution in [0.15, 0.2) is 11.3 Å². The van der Waals surface area contributed by atoms with Gasteiger partial charge in [0.1, 0.15) is 0 Å². The van der Waals surface area contributed by atoms with E-state index in [2.05, 4.69) is 26.2 Å². The molecule has 0 aromatic heterocycles. The van der Waals surface area contributed by atoms with Crippen LogP contribution < -0.4 is 11.3 Å². The van der Waals surface area contributed by atoms with E-state index in [4.69, 9.17) is 5.84 Å². The van der Waals surface area contributed by atoms with Crippen molar-refractivity contribution in [3.05, 3.63) is 11.3 Å². The molecule has 0 aliphatic heterocycles. The maximum atomic E-state index is 5.28. The standard InChI is InChI=1S/C9H20N2/c1-5-7(2)6-8(3)9(4)11-10/h7,11H,5-6,10H2,1-4H3/b9-8-. The predicted molar refractivity (Wildman–Crippen MR) is 49.8 cm³/mol. The van der Waals surface area contributed by atoms with Crippen molar-refractivity contribution in [3.8, 4) is 0 Å². The Morgan fingerprint density at radius 1 is 1.45 bits per heavy atom. The van der Waals surface area contributed by atoms with Crippen LogP contribution in [0.25, 0.3) is 0 Å². The zero-order valence-electron chi connectivity index (χ0n) is 8.07. The molecule has 2 heteroatoms. The van der Waals surface area contributed by atoms with Crippen LogP contribution in [0.2, 0.25) is 0 Å². The van der Waals surface area contributed by atoms with Gasteiger partial charge in [0.15, 0.2) is 0 Å². The molecule has 11 heavy (non-hydrogen) atoms. The maximum absolute atomic E-state index is 5.28. The van der Waals surface area contributed by atoms with E-state index >= 15 is 0 Å². The van der Waals surface area contributed by atoms with Gasteiger partial charge in [-0.2, -0.15) is 0 Å². The summed E-state index contributed by atoms with van der Waals surface area (Å²) >= 11 is 0. The topological polar surface area (TPSA) is 38.0 Å². The summed E-state index contributed by atoms with van der Waals surface area (Å²) in [7, 11) is 0. The largest absolute Gasteiger partial charge is 0.329 e. The number of hydrogen-bond donors (Lipinski definition) is 2. The first kappa shape index (κ1) is 10.5. The van der Waals surface area contributed by atoms with Crippen LogP contribution >= 0.6 is 0 Å². The van der Waals surface area contributed by atoms with Crippen molar-refractivity contribution in [2.75, 3.05) is 0 Å². The Kier molecular flexibility index (Phi) is 4.95. The van der Waals surface area contributed by atoms with Gasteiger partial charge in [-0.3, -0.25) is 5.84 Å². The molecule has 0 aromatic rings. The number of rotatable bonds is 4. The quantitative estimate of drug-likeness (QED) is 0.483. The number of allylic oxidation sites excluding steroid dienone is 2. The van der Waals surface area contributed by atoms with Crippen LogP contribution in [0.1, 0.15) is 40.5 Å². The summed E-state index contributed by atoms with van der Waals surface area (Å²) in [5, 5.41) is 0. The molecule has 0 amide bonds. The molecular formula is C9H20N2. The fourth-order valence-electron chi connectivity index (χ4n) is 0.943. The van der Waals surface area contributed by atoms with Crippen molar-refractivity contribution in [2.45, 2.75) is 40.5 Å². The number of nitrogens with two attached hydrogens (primary N) is 1. The summed E-state index contributed by atoms with van der Waals surface area (Å²) in [6, 6.07) is 0. The highest BCUT2D eigenvalue weighted by Crippen LogP contribution is 2.15. The molecule has 0 saturated carbocycles. The summed E-state index contributed by atoms with van der Waals surface area (Å²) in [6.07, 6.45) is 2.38. The lowest BCUT2D eigenvalue weighted by atomic mass is 9.99. The van der Waals surface area contributed by atoms with Crippen LogP contribution in [-0.4, -0.2) is 0 Å². The van der Waals surface area contributed by atoms with Gasteiger partial charge in [0.2, 0.25) is 0 Å². The van der Waals surface area contributed by atoms with Gasteiger partial charge >= 0.3 is 0 Å². The summed E-state index contributed by atoms with van der Waals surface area (Å²) in [6.45, 7) is 8.61. The molecule has 66 valence electrons. The predicted octanol–water partition coefficient (Wildman–Crippen LogP) is 2.18. The van der Waals surface area contributed by atoms with E-state index in [1.807, 2.05) is 6.92 Å². The molecule has 0 saturated heterocycles. The Hall–Kier alpha value is -0.500. The third-order valence-corrected chi connectivity index (χ3v) is 2.21. The Bertz CT molecular complexity index is 138. The second-order valence-electron chi connectivity index (χ2n) is 3.27. The number of nitrogens with one attached hydrogen (secondary N) is 1. The number of hydrogen-bond acceptors (Lipinski definition) is 2. The SMILES string of the molecule is CCC(C)C/C(C)=C(/C)NN. The molecule has 0 fully saturated rings. The average Bonchev–Trinajstić information content (AvgIpc) is 2.02. The Balaban J connectivity index is 3.94. The summed E-state index contributed by atoms with van der Waals surface area (Å²) < 4.78 is 0. The van der Waals surface area contributed by atoms with Gasteiger partial charge < -0.3 is 5.43 Å². The lowest BCUT2D eigenvalue weighted by Crippen LogP contribution is -2.20. The van der Waals surface area contributed by atoms with Crippen molar-refractivity contribution in [1.82, 2.24) is 5.43 Å². The van der Waals surface area contributed by atoms with E-state index in [1.165, 1.54) is 12.0 Å². The van der Waals surface area contributed by atoms with E-state index in [0.717, 1.165) is 18.0 Å². The van der Waals surface area contributed by atoms with E-state index in [9.17, 15) is 0 Å². The monoisotopic (exact) mass is 156 g/mol. The van der Waals surface area contributed by atoms with Crippen LogP contribution in [-0.2, 0) is 0 Å². The van der Waals surface area contributed by atoms with Crippen LogP contribution in [0, 0.1) is 5.92 Å². The second-order valence-corrected chi connectivity index (χ2v) is 3.27. The van der Waals surface area contributed by atoms with Crippen molar-refractivity contribution < 1.29 is 0 Å². The molecule has 1 unspecified atom stereocenters. The van der Waals surface area contributed by atoms with E-state index in [-0.39, 0.29) is 0 Å². The normalized spacial score (nSPS) is 15.7. The third kappa shape index (κ3) is 4.04. The van der Waals surface area contributed by atoms with Crippen LogP contribution in [0.3, 0.4) is 0 Å². The third-order valence-electron chi connectivity index (χ3n) is 2.21.